The second-order valence-electron chi connectivity index (χ2n) is 17.2. The van der Waals surface area contributed by atoms with Gasteiger partial charge in [-0.25, -0.2) is 14.8 Å². The lowest BCUT2D eigenvalue weighted by Crippen LogP contribution is -2.51. The summed E-state index contributed by atoms with van der Waals surface area (Å²) in [7, 11) is 1.30. The van der Waals surface area contributed by atoms with Crippen LogP contribution >= 0.6 is 0 Å². The Hall–Kier alpha value is -5.23. The third kappa shape index (κ3) is 7.40. The van der Waals surface area contributed by atoms with Crippen LogP contribution < -0.4 is 5.32 Å². The van der Waals surface area contributed by atoms with E-state index in [-0.39, 0.29) is 47.1 Å². The maximum Gasteiger partial charge on any atom is 0.407 e. The number of carbonyl (C=O) groups is 3. The number of rotatable bonds is 9. The molecule has 0 aliphatic carbocycles. The third-order valence-corrected chi connectivity index (χ3v) is 12.8. The maximum absolute atomic E-state index is 13.8. The van der Waals surface area contributed by atoms with Crippen molar-refractivity contribution in [2.24, 2.45) is 23.2 Å². The van der Waals surface area contributed by atoms with E-state index in [9.17, 15) is 14.4 Å². The van der Waals surface area contributed by atoms with Gasteiger partial charge in [-0.2, -0.15) is 0 Å². The highest BCUT2D eigenvalue weighted by atomic mass is 16.5. The van der Waals surface area contributed by atoms with Crippen LogP contribution in [0.25, 0.3) is 44.2 Å². The number of H-pyrrole nitrogens is 2. The highest BCUT2D eigenvalue weighted by Gasteiger charge is 2.49. The van der Waals surface area contributed by atoms with Gasteiger partial charge in [0, 0.05) is 36.4 Å². The van der Waals surface area contributed by atoms with Crippen molar-refractivity contribution in [3.63, 3.8) is 0 Å². The number of hydrogen-bond donors (Lipinski definition) is 3. The average molecular weight is 774 g/mol. The highest BCUT2D eigenvalue weighted by Crippen LogP contribution is 2.48. The first-order chi connectivity index (χ1) is 27.4. The monoisotopic (exact) mass is 773 g/mol. The number of benzene rings is 3. The molecular formula is C45H55N7O5. The van der Waals surface area contributed by atoms with Crippen LogP contribution in [0.2, 0.25) is 0 Å². The van der Waals surface area contributed by atoms with E-state index < -0.39 is 12.1 Å². The van der Waals surface area contributed by atoms with E-state index in [1.165, 1.54) is 7.11 Å². The molecule has 3 aliphatic heterocycles. The number of imidazole rings is 2. The van der Waals surface area contributed by atoms with Crippen molar-refractivity contribution in [2.45, 2.75) is 84.8 Å². The van der Waals surface area contributed by atoms with Crippen molar-refractivity contribution >= 4 is 39.7 Å². The summed E-state index contributed by atoms with van der Waals surface area (Å²) in [6, 6.07) is 18.1. The van der Waals surface area contributed by atoms with Gasteiger partial charge in [-0.3, -0.25) is 9.59 Å². The van der Waals surface area contributed by atoms with Gasteiger partial charge >= 0.3 is 6.09 Å². The number of amides is 3. The van der Waals surface area contributed by atoms with E-state index in [4.69, 9.17) is 19.4 Å². The van der Waals surface area contributed by atoms with Crippen LogP contribution in [0.4, 0.5) is 4.79 Å². The molecule has 0 radical (unpaired) electrons. The number of ether oxygens (including phenoxy) is 2. The lowest BCUT2D eigenvalue weighted by molar-refractivity contribution is -0.138. The Balaban J connectivity index is 1.00. The lowest BCUT2D eigenvalue weighted by atomic mass is 9.80. The number of methoxy groups -OCH3 is 1. The Labute approximate surface area is 334 Å². The summed E-state index contributed by atoms with van der Waals surface area (Å²) >= 11 is 0. The standard InChI is InChI=1S/C45H55N7O5/c1-26(2)28(5)42(53)52-24-45(18-8-20-57-25-45)22-37(52)40-46-23-35(48-40)30-12-10-29(11-13-30)31-14-16-33-32(21-31)15-17-34-39(33)49-41(47-34)36-9-7-19-51(36)43(54)38(27(3)4)50-44(55)56-6/h10-17,21,23,26-28,36-38H,7-9,18-20,22,24-25H2,1-6H3,(H,46,48)(H,47,49)(H,50,55)/t28-,36-,37-,38-,45-/m0/s1. The van der Waals surface area contributed by atoms with Crippen LogP contribution in [-0.4, -0.2) is 87.1 Å². The van der Waals surface area contributed by atoms with Crippen molar-refractivity contribution in [2.75, 3.05) is 33.4 Å². The average Bonchev–Trinajstić information content (AvgIpc) is 4.05. The Morgan fingerprint density at radius 3 is 2.37 bits per heavy atom. The summed E-state index contributed by atoms with van der Waals surface area (Å²) in [5, 5.41) is 4.87. The third-order valence-electron chi connectivity index (χ3n) is 12.8. The van der Waals surface area contributed by atoms with E-state index in [1.54, 1.807) is 0 Å². The number of nitrogens with zero attached hydrogens (tertiary/aromatic N) is 4. The number of nitrogens with one attached hydrogen (secondary N) is 3. The number of carbonyl (C=O) groups excluding carboxylic acids is 3. The van der Waals surface area contributed by atoms with Crippen LogP contribution in [-0.2, 0) is 19.1 Å². The first kappa shape index (κ1) is 38.6. The van der Waals surface area contributed by atoms with E-state index in [2.05, 4.69) is 82.6 Å². The van der Waals surface area contributed by atoms with Crippen LogP contribution in [0.15, 0.2) is 60.8 Å². The number of aromatic amines is 2. The van der Waals surface area contributed by atoms with Gasteiger partial charge in [0.05, 0.1) is 48.7 Å². The number of aromatic nitrogens is 4. The summed E-state index contributed by atoms with van der Waals surface area (Å²) in [5.41, 5.74) is 5.93. The molecular weight excluding hydrogens is 719 g/mol. The minimum atomic E-state index is -0.684. The van der Waals surface area contributed by atoms with Gasteiger partial charge in [-0.1, -0.05) is 77.1 Å². The quantitative estimate of drug-likeness (QED) is 0.137. The van der Waals surface area contributed by atoms with Crippen molar-refractivity contribution in [3.05, 3.63) is 72.4 Å². The molecule has 57 heavy (non-hydrogen) atoms. The molecule has 3 aromatic carbocycles. The Kier molecular flexibility index (Phi) is 10.6. The van der Waals surface area contributed by atoms with Gasteiger partial charge in [0.1, 0.15) is 17.7 Å². The predicted molar refractivity (Wildman–Crippen MR) is 220 cm³/mol. The van der Waals surface area contributed by atoms with Gasteiger partial charge < -0.3 is 34.6 Å². The van der Waals surface area contributed by atoms with Crippen LogP contribution in [0.3, 0.4) is 0 Å². The molecule has 3 fully saturated rings. The lowest BCUT2D eigenvalue weighted by Gasteiger charge is -2.33. The number of fused-ring (bicyclic) bond motifs is 3. The summed E-state index contributed by atoms with van der Waals surface area (Å²) in [6.07, 6.45) is 5.88. The molecule has 3 N–H and O–H groups in total. The minimum Gasteiger partial charge on any atom is -0.453 e. The zero-order valence-corrected chi connectivity index (χ0v) is 33.9. The van der Waals surface area contributed by atoms with Gasteiger partial charge in [-0.15, -0.1) is 0 Å². The molecule has 12 heteroatoms. The second kappa shape index (κ2) is 15.6. The zero-order valence-electron chi connectivity index (χ0n) is 33.9. The first-order valence-corrected chi connectivity index (χ1v) is 20.6. The maximum atomic E-state index is 13.8. The summed E-state index contributed by atoms with van der Waals surface area (Å²) in [5.74, 6) is 1.77. The molecule has 0 bridgehead atoms. The topological polar surface area (TPSA) is 146 Å². The van der Waals surface area contributed by atoms with E-state index in [1.807, 2.05) is 37.9 Å². The van der Waals surface area contributed by atoms with Crippen LogP contribution in [0.5, 0.6) is 0 Å². The molecule has 2 aromatic heterocycles. The number of hydrogen-bond acceptors (Lipinski definition) is 7. The second-order valence-corrected chi connectivity index (χ2v) is 17.2. The van der Waals surface area contributed by atoms with Crippen molar-refractivity contribution in [3.8, 4) is 22.4 Å². The molecule has 3 saturated heterocycles. The van der Waals surface area contributed by atoms with Gasteiger partial charge in [0.15, 0.2) is 0 Å². The summed E-state index contributed by atoms with van der Waals surface area (Å²) < 4.78 is 10.7. The zero-order chi connectivity index (χ0) is 40.0. The smallest absolute Gasteiger partial charge is 0.407 e. The minimum absolute atomic E-state index is 0.0181. The molecule has 0 unspecified atom stereocenters. The molecule has 3 amide bonds. The first-order valence-electron chi connectivity index (χ1n) is 20.6. The fourth-order valence-corrected chi connectivity index (χ4v) is 9.13. The molecule has 1 spiro atoms. The Morgan fingerprint density at radius 2 is 1.65 bits per heavy atom. The number of alkyl carbamates (subject to hydrolysis) is 1. The van der Waals surface area contributed by atoms with Crippen LogP contribution in [0.1, 0.15) is 90.5 Å². The van der Waals surface area contributed by atoms with E-state index in [0.29, 0.717) is 19.7 Å². The predicted octanol–water partition coefficient (Wildman–Crippen LogP) is 8.18. The molecule has 12 nitrogen and oxygen atoms in total. The van der Waals surface area contributed by atoms with Gasteiger partial charge in [-0.05, 0) is 78.1 Å². The van der Waals surface area contributed by atoms with E-state index in [0.717, 1.165) is 94.5 Å². The van der Waals surface area contributed by atoms with Crippen LogP contribution in [0, 0.1) is 23.2 Å². The Bertz CT molecular complexity index is 2270. The fraction of sp³-hybridized carbons (Fsp3) is 0.489. The van der Waals surface area contributed by atoms with Gasteiger partial charge in [0.25, 0.3) is 0 Å². The molecule has 0 saturated carbocycles. The molecule has 5 heterocycles. The van der Waals surface area contributed by atoms with E-state index >= 15 is 0 Å². The van der Waals surface area contributed by atoms with Gasteiger partial charge in [0.2, 0.25) is 11.8 Å². The van der Waals surface area contributed by atoms with Crippen molar-refractivity contribution < 1.29 is 23.9 Å². The van der Waals surface area contributed by atoms with Crippen molar-refractivity contribution in [1.82, 2.24) is 35.1 Å². The SMILES string of the molecule is COC(=O)N[C@H](C(=O)N1CCC[C@H]1c1nc2ccc3cc(-c4ccc(-c5cnc([C@@H]6C[C@@]7(CCCOC7)CN6C(=O)[C@@H](C)C(C)C)[nH]5)cc4)ccc3c2[nH]1)C(C)C. The Morgan fingerprint density at radius 1 is 0.877 bits per heavy atom. The normalized spacial score (nSPS) is 22.2. The fourth-order valence-electron chi connectivity index (χ4n) is 9.13. The molecule has 5 atom stereocenters. The molecule has 5 aromatic rings. The molecule has 3 aliphatic rings. The molecule has 300 valence electrons. The van der Waals surface area contributed by atoms with Crippen molar-refractivity contribution in [1.29, 1.82) is 0 Å². The summed E-state index contributed by atoms with van der Waals surface area (Å²) in [4.78, 5) is 60.4. The summed E-state index contributed by atoms with van der Waals surface area (Å²) in [6.45, 7) is 12.9. The largest absolute Gasteiger partial charge is 0.453 e. The highest BCUT2D eigenvalue weighted by molar-refractivity contribution is 6.05. The number of likely N-dealkylation sites (tertiary alicyclic amines) is 2. The molecule has 8 rings (SSSR count).